The van der Waals surface area contributed by atoms with Crippen LogP contribution in [0.15, 0.2) is 24.3 Å². The zero-order valence-electron chi connectivity index (χ0n) is 11.6. The molecular formula is C14H24N2O2. The first-order chi connectivity index (χ1) is 8.71. The van der Waals surface area contributed by atoms with Crippen LogP contribution >= 0.6 is 0 Å². The Morgan fingerprint density at radius 3 is 2.39 bits per heavy atom. The lowest BCUT2D eigenvalue weighted by molar-refractivity contribution is 0.147. The summed E-state index contributed by atoms with van der Waals surface area (Å²) in [6.07, 6.45) is 0. The van der Waals surface area contributed by atoms with Crippen LogP contribution in [0.5, 0.6) is 5.75 Å². The van der Waals surface area contributed by atoms with Crippen molar-refractivity contribution in [1.82, 2.24) is 4.90 Å². The number of hydrogen-bond acceptors (Lipinski definition) is 4. The molecule has 0 saturated carbocycles. The average molecular weight is 252 g/mol. The van der Waals surface area contributed by atoms with Gasteiger partial charge in [0, 0.05) is 26.2 Å². The summed E-state index contributed by atoms with van der Waals surface area (Å²) < 4.78 is 10.2. The highest BCUT2D eigenvalue weighted by Gasteiger charge is 2.11. The van der Waals surface area contributed by atoms with Crippen LogP contribution in [0.1, 0.15) is 18.5 Å². The average Bonchev–Trinajstić information content (AvgIpc) is 2.43. The van der Waals surface area contributed by atoms with Crippen LogP contribution in [-0.4, -0.2) is 45.4 Å². The van der Waals surface area contributed by atoms with Gasteiger partial charge in [-0.1, -0.05) is 19.1 Å². The largest absolute Gasteiger partial charge is 0.497 e. The lowest BCUT2D eigenvalue weighted by Crippen LogP contribution is -2.34. The molecule has 0 spiro atoms. The SMILES string of the molecule is CCN(CCOC)CC(N)c1ccc(OC)cc1. The summed E-state index contributed by atoms with van der Waals surface area (Å²) in [5.41, 5.74) is 7.34. The molecule has 102 valence electrons. The molecule has 1 unspecified atom stereocenters. The first-order valence-corrected chi connectivity index (χ1v) is 6.32. The van der Waals surface area contributed by atoms with E-state index in [1.807, 2.05) is 24.3 Å². The van der Waals surface area contributed by atoms with Gasteiger partial charge in [0.25, 0.3) is 0 Å². The van der Waals surface area contributed by atoms with Gasteiger partial charge in [-0.15, -0.1) is 0 Å². The van der Waals surface area contributed by atoms with Gasteiger partial charge in [-0.25, -0.2) is 0 Å². The van der Waals surface area contributed by atoms with Crippen LogP contribution in [0.3, 0.4) is 0 Å². The molecule has 0 radical (unpaired) electrons. The molecule has 4 nitrogen and oxygen atoms in total. The second-order valence-corrected chi connectivity index (χ2v) is 4.27. The minimum Gasteiger partial charge on any atom is -0.497 e. The van der Waals surface area contributed by atoms with Gasteiger partial charge < -0.3 is 15.2 Å². The fourth-order valence-corrected chi connectivity index (χ4v) is 1.83. The molecule has 0 amide bonds. The van der Waals surface area contributed by atoms with E-state index in [1.165, 1.54) is 0 Å². The zero-order chi connectivity index (χ0) is 13.4. The van der Waals surface area contributed by atoms with Gasteiger partial charge in [-0.05, 0) is 24.2 Å². The lowest BCUT2D eigenvalue weighted by Gasteiger charge is -2.24. The van der Waals surface area contributed by atoms with Crippen molar-refractivity contribution in [2.75, 3.05) is 40.5 Å². The minimum absolute atomic E-state index is 0.0210. The molecule has 4 heteroatoms. The van der Waals surface area contributed by atoms with Crippen molar-refractivity contribution in [3.8, 4) is 5.75 Å². The quantitative estimate of drug-likeness (QED) is 0.764. The predicted octanol–water partition coefficient (Wildman–Crippen LogP) is 1.66. The van der Waals surface area contributed by atoms with Crippen molar-refractivity contribution in [3.63, 3.8) is 0 Å². The second kappa shape index (κ2) is 8.08. The fourth-order valence-electron chi connectivity index (χ4n) is 1.83. The molecule has 18 heavy (non-hydrogen) atoms. The van der Waals surface area contributed by atoms with Crippen molar-refractivity contribution in [2.45, 2.75) is 13.0 Å². The number of ether oxygens (including phenoxy) is 2. The van der Waals surface area contributed by atoms with Crippen LogP contribution in [0.25, 0.3) is 0 Å². The third kappa shape index (κ3) is 4.64. The van der Waals surface area contributed by atoms with Gasteiger partial charge in [0.1, 0.15) is 5.75 Å². The molecule has 1 aromatic rings. The van der Waals surface area contributed by atoms with Gasteiger partial charge in [-0.2, -0.15) is 0 Å². The van der Waals surface area contributed by atoms with Crippen molar-refractivity contribution in [3.05, 3.63) is 29.8 Å². The van der Waals surface area contributed by atoms with E-state index in [4.69, 9.17) is 15.2 Å². The Kier molecular flexibility index (Phi) is 6.72. The normalized spacial score (nSPS) is 12.7. The molecule has 0 aliphatic carbocycles. The Bertz CT molecular complexity index is 327. The van der Waals surface area contributed by atoms with Gasteiger partial charge in [0.2, 0.25) is 0 Å². The highest BCUT2D eigenvalue weighted by Crippen LogP contribution is 2.16. The molecule has 1 aromatic carbocycles. The maximum atomic E-state index is 6.21. The Labute approximate surface area is 110 Å². The molecule has 0 saturated heterocycles. The fraction of sp³-hybridized carbons (Fsp3) is 0.571. The predicted molar refractivity (Wildman–Crippen MR) is 73.9 cm³/mol. The standard InChI is InChI=1S/C14H24N2O2/c1-4-16(9-10-17-2)11-14(15)12-5-7-13(18-3)8-6-12/h5-8,14H,4,9-11,15H2,1-3H3. The van der Waals surface area contributed by atoms with Crippen LogP contribution in [-0.2, 0) is 4.74 Å². The topological polar surface area (TPSA) is 47.7 Å². The molecule has 0 aliphatic heterocycles. The van der Waals surface area contributed by atoms with Crippen molar-refractivity contribution >= 4 is 0 Å². The van der Waals surface area contributed by atoms with E-state index in [0.29, 0.717) is 0 Å². The van der Waals surface area contributed by atoms with Gasteiger partial charge in [0.15, 0.2) is 0 Å². The summed E-state index contributed by atoms with van der Waals surface area (Å²) in [5, 5.41) is 0. The Morgan fingerprint density at radius 2 is 1.89 bits per heavy atom. The van der Waals surface area contributed by atoms with Crippen LogP contribution in [0.2, 0.25) is 0 Å². The molecule has 0 bridgehead atoms. The van der Waals surface area contributed by atoms with E-state index in [9.17, 15) is 0 Å². The Hall–Kier alpha value is -1.10. The lowest BCUT2D eigenvalue weighted by atomic mass is 10.1. The molecule has 2 N–H and O–H groups in total. The third-order valence-electron chi connectivity index (χ3n) is 3.06. The van der Waals surface area contributed by atoms with E-state index in [2.05, 4.69) is 11.8 Å². The number of nitrogens with two attached hydrogens (primary N) is 1. The summed E-state index contributed by atoms with van der Waals surface area (Å²) in [5.74, 6) is 0.859. The zero-order valence-corrected chi connectivity index (χ0v) is 11.6. The molecule has 1 atom stereocenters. The highest BCUT2D eigenvalue weighted by molar-refractivity contribution is 5.29. The maximum Gasteiger partial charge on any atom is 0.118 e. The smallest absolute Gasteiger partial charge is 0.118 e. The molecular weight excluding hydrogens is 228 g/mol. The van der Waals surface area contributed by atoms with E-state index in [0.717, 1.165) is 37.6 Å². The number of methoxy groups -OCH3 is 2. The van der Waals surface area contributed by atoms with Gasteiger partial charge in [-0.3, -0.25) is 4.90 Å². The van der Waals surface area contributed by atoms with E-state index in [1.54, 1.807) is 14.2 Å². The summed E-state index contributed by atoms with van der Waals surface area (Å²) >= 11 is 0. The summed E-state index contributed by atoms with van der Waals surface area (Å²) in [6, 6.07) is 7.95. The Balaban J connectivity index is 2.53. The van der Waals surface area contributed by atoms with Crippen molar-refractivity contribution < 1.29 is 9.47 Å². The molecule has 0 aromatic heterocycles. The first-order valence-electron chi connectivity index (χ1n) is 6.32. The second-order valence-electron chi connectivity index (χ2n) is 4.27. The minimum atomic E-state index is 0.0210. The summed E-state index contributed by atoms with van der Waals surface area (Å²) in [6.45, 7) is 5.61. The highest BCUT2D eigenvalue weighted by atomic mass is 16.5. The Morgan fingerprint density at radius 1 is 1.22 bits per heavy atom. The van der Waals surface area contributed by atoms with Gasteiger partial charge in [0.05, 0.1) is 13.7 Å². The number of hydrogen-bond donors (Lipinski definition) is 1. The maximum absolute atomic E-state index is 6.21. The third-order valence-corrected chi connectivity index (χ3v) is 3.06. The molecule has 1 rings (SSSR count). The number of nitrogens with zero attached hydrogens (tertiary/aromatic N) is 1. The van der Waals surface area contributed by atoms with Crippen LogP contribution in [0.4, 0.5) is 0 Å². The summed E-state index contributed by atoms with van der Waals surface area (Å²) in [7, 11) is 3.38. The van der Waals surface area contributed by atoms with Crippen LogP contribution < -0.4 is 10.5 Å². The molecule has 0 heterocycles. The van der Waals surface area contributed by atoms with Gasteiger partial charge >= 0.3 is 0 Å². The first kappa shape index (κ1) is 15.0. The number of likely N-dealkylation sites (N-methyl/N-ethyl adjacent to an activating group) is 1. The van der Waals surface area contributed by atoms with E-state index >= 15 is 0 Å². The van der Waals surface area contributed by atoms with Crippen molar-refractivity contribution in [2.24, 2.45) is 5.73 Å². The van der Waals surface area contributed by atoms with Crippen LogP contribution in [0, 0.1) is 0 Å². The molecule has 0 fully saturated rings. The molecule has 0 aliphatic rings. The monoisotopic (exact) mass is 252 g/mol. The number of rotatable bonds is 8. The summed E-state index contributed by atoms with van der Waals surface area (Å²) in [4.78, 5) is 2.29. The number of benzene rings is 1. The van der Waals surface area contributed by atoms with E-state index in [-0.39, 0.29) is 6.04 Å². The van der Waals surface area contributed by atoms with E-state index < -0.39 is 0 Å². The van der Waals surface area contributed by atoms with Crippen molar-refractivity contribution in [1.29, 1.82) is 0 Å².